The molecule has 3 aliphatic heterocycles. The van der Waals surface area contributed by atoms with Crippen LogP contribution >= 0.6 is 0 Å². The molecule has 2 saturated heterocycles. The molecule has 2 fully saturated rings. The molecular formula is C16H14N2O5. The third-order valence-electron chi connectivity index (χ3n) is 5.05. The molecule has 7 nitrogen and oxygen atoms in total. The first-order chi connectivity index (χ1) is 10.8. The Morgan fingerprint density at radius 2 is 1.61 bits per heavy atom. The number of carbonyl (C=O) groups is 2. The van der Waals surface area contributed by atoms with Gasteiger partial charge in [-0.1, -0.05) is 24.3 Å². The summed E-state index contributed by atoms with van der Waals surface area (Å²) in [5, 5.41) is 11.2. The summed E-state index contributed by atoms with van der Waals surface area (Å²) >= 11 is 0. The number of rotatable bonds is 2. The number of fused-ring (bicyclic) bond motifs is 5. The number of imide groups is 1. The van der Waals surface area contributed by atoms with Gasteiger partial charge in [0, 0.05) is 6.07 Å². The highest BCUT2D eigenvalue weighted by atomic mass is 16.6. The predicted molar refractivity (Wildman–Crippen MR) is 79.6 cm³/mol. The fourth-order valence-corrected chi connectivity index (χ4v) is 4.08. The number of ether oxygens (including phenoxy) is 1. The third kappa shape index (κ3) is 1.57. The number of benzene rings is 1. The van der Waals surface area contributed by atoms with E-state index in [1.807, 2.05) is 12.2 Å². The zero-order valence-electron chi connectivity index (χ0n) is 12.6. The highest BCUT2D eigenvalue weighted by Crippen LogP contribution is 2.57. The lowest BCUT2D eigenvalue weighted by Crippen LogP contribution is -2.39. The fraction of sp³-hybridized carbons (Fsp3) is 0.375. The lowest BCUT2D eigenvalue weighted by Gasteiger charge is -2.25. The zero-order chi connectivity index (χ0) is 16.6. The minimum Gasteiger partial charge on any atom is -0.359 e. The van der Waals surface area contributed by atoms with E-state index in [1.54, 1.807) is 19.9 Å². The summed E-state index contributed by atoms with van der Waals surface area (Å²) in [6, 6.07) is 5.79. The number of nitro benzene ring substituents is 1. The fourth-order valence-electron chi connectivity index (χ4n) is 4.08. The van der Waals surface area contributed by atoms with E-state index >= 15 is 0 Å². The van der Waals surface area contributed by atoms with Crippen molar-refractivity contribution in [1.82, 2.24) is 0 Å². The van der Waals surface area contributed by atoms with Crippen LogP contribution in [0.5, 0.6) is 0 Å². The van der Waals surface area contributed by atoms with E-state index in [0.29, 0.717) is 0 Å². The summed E-state index contributed by atoms with van der Waals surface area (Å²) in [4.78, 5) is 37.4. The van der Waals surface area contributed by atoms with Crippen LogP contribution in [0, 0.1) is 22.0 Å². The van der Waals surface area contributed by atoms with Crippen LogP contribution in [0.15, 0.2) is 36.4 Å². The summed E-state index contributed by atoms with van der Waals surface area (Å²) < 4.78 is 5.90. The van der Waals surface area contributed by atoms with Crippen LogP contribution < -0.4 is 4.90 Å². The Balaban J connectivity index is 1.85. The van der Waals surface area contributed by atoms with Crippen molar-refractivity contribution in [2.45, 2.75) is 25.0 Å². The van der Waals surface area contributed by atoms with E-state index in [0.717, 1.165) is 4.90 Å². The largest absolute Gasteiger partial charge is 0.359 e. The SMILES string of the molecule is CC12C=CC(C)(O1)C1C(=O)N(c3ccccc3[N+](=O)[O-])C(=O)C12. The average molecular weight is 314 g/mol. The molecule has 0 saturated carbocycles. The second kappa shape index (κ2) is 4.05. The Bertz CT molecular complexity index is 767. The van der Waals surface area contributed by atoms with Crippen LogP contribution in [0.4, 0.5) is 11.4 Å². The van der Waals surface area contributed by atoms with Gasteiger partial charge < -0.3 is 4.74 Å². The standard InChI is InChI=1S/C16H14N2O5/c1-15-7-8-16(2,23-15)12-11(15)13(19)17(14(12)20)9-5-3-4-6-10(9)18(21)22/h3-8,11-12H,1-2H3. The first kappa shape index (κ1) is 14.1. The van der Waals surface area contributed by atoms with Gasteiger partial charge in [0.1, 0.15) is 5.69 Å². The van der Waals surface area contributed by atoms with Crippen LogP contribution in [0.2, 0.25) is 0 Å². The molecule has 0 radical (unpaired) electrons. The third-order valence-corrected chi connectivity index (χ3v) is 5.05. The Kier molecular flexibility index (Phi) is 2.48. The summed E-state index contributed by atoms with van der Waals surface area (Å²) in [7, 11) is 0. The van der Waals surface area contributed by atoms with Crippen LogP contribution in [0.3, 0.4) is 0 Å². The number of hydrogen-bond donors (Lipinski definition) is 0. The molecule has 4 rings (SSSR count). The molecule has 23 heavy (non-hydrogen) atoms. The van der Waals surface area contributed by atoms with Crippen molar-refractivity contribution in [2.24, 2.45) is 11.8 Å². The Labute approximate surface area is 131 Å². The van der Waals surface area contributed by atoms with Gasteiger partial charge in [-0.2, -0.15) is 0 Å². The molecule has 0 N–H and O–H groups in total. The monoisotopic (exact) mass is 314 g/mol. The molecule has 118 valence electrons. The van der Waals surface area contributed by atoms with Crippen molar-refractivity contribution in [3.63, 3.8) is 0 Å². The van der Waals surface area contributed by atoms with Gasteiger partial charge in [-0.05, 0) is 19.9 Å². The molecule has 4 unspecified atom stereocenters. The van der Waals surface area contributed by atoms with E-state index in [9.17, 15) is 19.7 Å². The van der Waals surface area contributed by atoms with Crippen molar-refractivity contribution in [3.8, 4) is 0 Å². The second-order valence-corrected chi connectivity index (χ2v) is 6.52. The van der Waals surface area contributed by atoms with Crippen molar-refractivity contribution in [1.29, 1.82) is 0 Å². The maximum absolute atomic E-state index is 12.9. The zero-order valence-corrected chi connectivity index (χ0v) is 12.6. The molecule has 4 atom stereocenters. The van der Waals surface area contributed by atoms with Crippen molar-refractivity contribution >= 4 is 23.2 Å². The van der Waals surface area contributed by atoms with Crippen molar-refractivity contribution in [3.05, 3.63) is 46.5 Å². The lowest BCUT2D eigenvalue weighted by atomic mass is 9.73. The molecule has 7 heteroatoms. The van der Waals surface area contributed by atoms with Crippen LogP contribution in [-0.2, 0) is 14.3 Å². The molecule has 3 aliphatic rings. The summed E-state index contributed by atoms with van der Waals surface area (Å²) in [5.74, 6) is -2.18. The van der Waals surface area contributed by atoms with Gasteiger partial charge in [0.05, 0.1) is 28.0 Å². The van der Waals surface area contributed by atoms with Gasteiger partial charge in [0.15, 0.2) is 0 Å². The molecule has 2 bridgehead atoms. The summed E-state index contributed by atoms with van der Waals surface area (Å²) in [6.45, 7) is 3.54. The Morgan fingerprint density at radius 3 is 2.13 bits per heavy atom. The van der Waals surface area contributed by atoms with E-state index in [1.165, 1.54) is 18.2 Å². The number of amides is 2. The average Bonchev–Trinajstić information content (AvgIpc) is 3.04. The maximum atomic E-state index is 12.9. The number of para-hydroxylation sites is 2. The minimum absolute atomic E-state index is 0.0218. The van der Waals surface area contributed by atoms with E-state index < -0.39 is 39.8 Å². The van der Waals surface area contributed by atoms with Gasteiger partial charge in [0.2, 0.25) is 11.8 Å². The number of nitrogens with zero attached hydrogens (tertiary/aromatic N) is 2. The smallest absolute Gasteiger partial charge is 0.293 e. The van der Waals surface area contributed by atoms with Crippen molar-refractivity contribution in [2.75, 3.05) is 4.90 Å². The maximum Gasteiger partial charge on any atom is 0.293 e. The van der Waals surface area contributed by atoms with E-state index in [4.69, 9.17) is 4.74 Å². The van der Waals surface area contributed by atoms with Gasteiger partial charge in [-0.15, -0.1) is 0 Å². The number of hydrogen-bond acceptors (Lipinski definition) is 5. The van der Waals surface area contributed by atoms with Gasteiger partial charge >= 0.3 is 0 Å². The molecule has 0 spiro atoms. The van der Waals surface area contributed by atoms with E-state index in [-0.39, 0.29) is 11.4 Å². The van der Waals surface area contributed by atoms with Crippen molar-refractivity contribution < 1.29 is 19.2 Å². The molecule has 0 aliphatic carbocycles. The predicted octanol–water partition coefficient (Wildman–Crippen LogP) is 1.82. The van der Waals surface area contributed by atoms with Gasteiger partial charge in [0.25, 0.3) is 5.69 Å². The van der Waals surface area contributed by atoms with Crippen LogP contribution in [-0.4, -0.2) is 27.9 Å². The summed E-state index contributed by atoms with van der Waals surface area (Å²) in [5.41, 5.74) is -1.92. The van der Waals surface area contributed by atoms with Crippen LogP contribution in [0.25, 0.3) is 0 Å². The van der Waals surface area contributed by atoms with Crippen LogP contribution in [0.1, 0.15) is 13.8 Å². The highest BCUT2D eigenvalue weighted by Gasteiger charge is 2.70. The topological polar surface area (TPSA) is 89.8 Å². The number of nitro groups is 1. The lowest BCUT2D eigenvalue weighted by molar-refractivity contribution is -0.384. The first-order valence-electron chi connectivity index (χ1n) is 7.30. The second-order valence-electron chi connectivity index (χ2n) is 6.52. The molecule has 3 heterocycles. The highest BCUT2D eigenvalue weighted by molar-refractivity contribution is 6.24. The number of carbonyl (C=O) groups excluding carboxylic acids is 2. The normalized spacial score (nSPS) is 37.6. The summed E-state index contributed by atoms with van der Waals surface area (Å²) in [6.07, 6.45) is 3.62. The molecule has 1 aromatic carbocycles. The quantitative estimate of drug-likeness (QED) is 0.359. The molecule has 1 aromatic rings. The molecule has 2 amide bonds. The Hall–Kier alpha value is -2.54. The Morgan fingerprint density at radius 1 is 1.09 bits per heavy atom. The minimum atomic E-state index is -0.843. The molecular weight excluding hydrogens is 300 g/mol. The number of anilines is 1. The first-order valence-corrected chi connectivity index (χ1v) is 7.30. The molecule has 0 aromatic heterocycles. The van der Waals surface area contributed by atoms with Gasteiger partial charge in [-0.25, -0.2) is 4.90 Å². The van der Waals surface area contributed by atoms with Gasteiger partial charge in [-0.3, -0.25) is 19.7 Å². The van der Waals surface area contributed by atoms with E-state index in [2.05, 4.69) is 0 Å².